The van der Waals surface area contributed by atoms with Crippen LogP contribution in [-0.4, -0.2) is 36.4 Å². The minimum absolute atomic E-state index is 0.111. The molecule has 0 saturated heterocycles. The number of unbranched alkanes of at least 4 members (excludes halogenated alkanes) is 1. The Hall–Kier alpha value is -2.46. The van der Waals surface area contributed by atoms with Crippen LogP contribution in [0.1, 0.15) is 31.9 Å². The lowest BCUT2D eigenvalue weighted by Crippen LogP contribution is -2.41. The minimum atomic E-state index is -3.75. The molecule has 27 heavy (non-hydrogen) atoms. The first kappa shape index (κ1) is 20.8. The second kappa shape index (κ2) is 9.47. The van der Waals surface area contributed by atoms with Gasteiger partial charge in [-0.05, 0) is 18.6 Å². The topological polar surface area (TPSA) is 125 Å². The van der Waals surface area contributed by atoms with Gasteiger partial charge in [0.25, 0.3) is 10.0 Å². The Bertz CT molecular complexity index is 881. The Labute approximate surface area is 161 Å². The van der Waals surface area contributed by atoms with Gasteiger partial charge in [0, 0.05) is 5.38 Å². The maximum absolute atomic E-state index is 12.3. The van der Waals surface area contributed by atoms with Gasteiger partial charge in [-0.1, -0.05) is 38.0 Å². The molecule has 2 rings (SSSR count). The van der Waals surface area contributed by atoms with E-state index in [0.29, 0.717) is 18.5 Å². The van der Waals surface area contributed by atoms with Crippen LogP contribution in [-0.2, 0) is 26.0 Å². The number of hydrogen-bond donors (Lipinski definition) is 3. The van der Waals surface area contributed by atoms with E-state index >= 15 is 0 Å². The molecule has 0 aliphatic rings. The van der Waals surface area contributed by atoms with Crippen molar-refractivity contribution in [2.24, 2.45) is 0 Å². The monoisotopic (exact) mass is 411 g/mol. The number of amides is 1. The lowest BCUT2D eigenvalue weighted by Gasteiger charge is -2.13. The Kier molecular flexibility index (Phi) is 7.31. The van der Waals surface area contributed by atoms with Crippen LogP contribution < -0.4 is 10.0 Å². The maximum Gasteiger partial charge on any atom is 0.326 e. The molecular weight excluding hydrogens is 390 g/mol. The van der Waals surface area contributed by atoms with E-state index in [2.05, 4.69) is 15.0 Å². The SMILES string of the molecule is CCCCC(NC(=O)Cc1csc(NS(=O)(=O)c2ccccc2)n1)C(=O)O. The minimum Gasteiger partial charge on any atom is -0.480 e. The maximum atomic E-state index is 12.3. The lowest BCUT2D eigenvalue weighted by molar-refractivity contribution is -0.142. The van der Waals surface area contributed by atoms with Crippen LogP contribution in [0.5, 0.6) is 0 Å². The number of rotatable bonds is 10. The zero-order chi connectivity index (χ0) is 19.9. The third-order valence-electron chi connectivity index (χ3n) is 3.65. The number of sulfonamides is 1. The summed E-state index contributed by atoms with van der Waals surface area (Å²) in [4.78, 5) is 27.4. The van der Waals surface area contributed by atoms with Crippen LogP contribution in [0.4, 0.5) is 5.13 Å². The first-order valence-electron chi connectivity index (χ1n) is 8.36. The predicted molar refractivity (Wildman–Crippen MR) is 102 cm³/mol. The Morgan fingerprint density at radius 3 is 2.59 bits per heavy atom. The van der Waals surface area contributed by atoms with Crippen LogP contribution in [0.15, 0.2) is 40.6 Å². The molecule has 0 bridgehead atoms. The fourth-order valence-corrected chi connectivity index (χ4v) is 4.27. The van der Waals surface area contributed by atoms with Gasteiger partial charge in [0.15, 0.2) is 5.13 Å². The fraction of sp³-hybridized carbons (Fsp3) is 0.353. The van der Waals surface area contributed by atoms with Gasteiger partial charge in [-0.25, -0.2) is 18.2 Å². The number of benzene rings is 1. The summed E-state index contributed by atoms with van der Waals surface area (Å²) in [5.41, 5.74) is 0.364. The van der Waals surface area contributed by atoms with Crippen LogP contribution in [0.25, 0.3) is 0 Å². The molecule has 0 aliphatic carbocycles. The third kappa shape index (κ3) is 6.33. The summed E-state index contributed by atoms with van der Waals surface area (Å²) in [7, 11) is -3.75. The smallest absolute Gasteiger partial charge is 0.326 e. The van der Waals surface area contributed by atoms with E-state index in [1.54, 1.807) is 23.6 Å². The summed E-state index contributed by atoms with van der Waals surface area (Å²) in [5.74, 6) is -1.55. The van der Waals surface area contributed by atoms with Gasteiger partial charge in [-0.2, -0.15) is 0 Å². The van der Waals surface area contributed by atoms with Gasteiger partial charge in [0.1, 0.15) is 6.04 Å². The molecule has 1 unspecified atom stereocenters. The summed E-state index contributed by atoms with van der Waals surface area (Å²) in [6.07, 6.45) is 1.76. The molecule has 0 aliphatic heterocycles. The fourth-order valence-electron chi connectivity index (χ4n) is 2.28. The van der Waals surface area contributed by atoms with Crippen molar-refractivity contribution in [2.45, 2.75) is 43.5 Å². The van der Waals surface area contributed by atoms with E-state index < -0.39 is 27.9 Å². The average molecular weight is 412 g/mol. The number of thiazole rings is 1. The molecule has 1 amide bonds. The van der Waals surface area contributed by atoms with Gasteiger partial charge in [-0.15, -0.1) is 11.3 Å². The summed E-state index contributed by atoms with van der Waals surface area (Å²) in [6.45, 7) is 1.94. The Balaban J connectivity index is 1.97. The van der Waals surface area contributed by atoms with Crippen molar-refractivity contribution in [1.82, 2.24) is 10.3 Å². The molecular formula is C17H21N3O5S2. The van der Waals surface area contributed by atoms with Crippen molar-refractivity contribution < 1.29 is 23.1 Å². The molecule has 0 radical (unpaired) electrons. The number of aliphatic carboxylic acids is 1. The Morgan fingerprint density at radius 2 is 1.96 bits per heavy atom. The average Bonchev–Trinajstić information content (AvgIpc) is 3.05. The number of nitrogens with zero attached hydrogens (tertiary/aromatic N) is 1. The molecule has 0 spiro atoms. The molecule has 0 saturated carbocycles. The van der Waals surface area contributed by atoms with Crippen LogP contribution in [0.2, 0.25) is 0 Å². The second-order valence-corrected chi connectivity index (χ2v) is 8.38. The predicted octanol–water partition coefficient (Wildman–Crippen LogP) is 2.25. The van der Waals surface area contributed by atoms with E-state index in [4.69, 9.17) is 5.11 Å². The van der Waals surface area contributed by atoms with Gasteiger partial charge in [-0.3, -0.25) is 9.52 Å². The second-order valence-electron chi connectivity index (χ2n) is 5.84. The van der Waals surface area contributed by atoms with Crippen LogP contribution >= 0.6 is 11.3 Å². The summed E-state index contributed by atoms with van der Waals surface area (Å²) < 4.78 is 26.9. The number of carboxylic acids is 1. The molecule has 8 nitrogen and oxygen atoms in total. The number of hydrogen-bond acceptors (Lipinski definition) is 6. The number of carbonyl (C=O) groups excluding carboxylic acids is 1. The number of anilines is 1. The standard InChI is InChI=1S/C17H21N3O5S2/c1-2-3-9-14(16(22)23)19-15(21)10-12-11-26-17(18-12)20-27(24,25)13-7-5-4-6-8-13/h4-8,11,14H,2-3,9-10H2,1H3,(H,18,20)(H,19,21)(H,22,23). The molecule has 2 aromatic rings. The van der Waals surface area contributed by atoms with Gasteiger partial charge in [0.05, 0.1) is 17.0 Å². The largest absolute Gasteiger partial charge is 0.480 e. The molecule has 1 heterocycles. The van der Waals surface area contributed by atoms with Gasteiger partial charge >= 0.3 is 5.97 Å². The molecule has 1 aromatic carbocycles. The molecule has 3 N–H and O–H groups in total. The number of nitrogens with one attached hydrogen (secondary N) is 2. The molecule has 1 aromatic heterocycles. The zero-order valence-electron chi connectivity index (χ0n) is 14.7. The van der Waals surface area contributed by atoms with E-state index in [0.717, 1.165) is 17.8 Å². The number of carboxylic acid groups (broad SMARTS) is 1. The van der Waals surface area contributed by atoms with Crippen molar-refractivity contribution in [1.29, 1.82) is 0 Å². The van der Waals surface area contributed by atoms with Crippen LogP contribution in [0.3, 0.4) is 0 Å². The van der Waals surface area contributed by atoms with E-state index in [1.165, 1.54) is 12.1 Å². The van der Waals surface area contributed by atoms with Crippen LogP contribution in [0, 0.1) is 0 Å². The lowest BCUT2D eigenvalue weighted by atomic mass is 10.1. The van der Waals surface area contributed by atoms with Crippen molar-refractivity contribution in [3.05, 3.63) is 41.4 Å². The van der Waals surface area contributed by atoms with Gasteiger partial charge < -0.3 is 10.4 Å². The van der Waals surface area contributed by atoms with Crippen molar-refractivity contribution in [3.8, 4) is 0 Å². The third-order valence-corrected chi connectivity index (χ3v) is 5.94. The molecule has 146 valence electrons. The summed E-state index contributed by atoms with van der Waals surface area (Å²) >= 11 is 1.05. The van der Waals surface area contributed by atoms with Gasteiger partial charge in [0.2, 0.25) is 5.91 Å². The molecule has 0 fully saturated rings. The summed E-state index contributed by atoms with van der Waals surface area (Å²) in [6, 6.07) is 6.93. The quantitative estimate of drug-likeness (QED) is 0.551. The highest BCUT2D eigenvalue weighted by Crippen LogP contribution is 2.20. The first-order valence-corrected chi connectivity index (χ1v) is 10.7. The van der Waals surface area contributed by atoms with Crippen molar-refractivity contribution in [3.63, 3.8) is 0 Å². The first-order chi connectivity index (χ1) is 12.8. The zero-order valence-corrected chi connectivity index (χ0v) is 16.3. The molecule has 10 heteroatoms. The molecule has 1 atom stereocenters. The normalized spacial score (nSPS) is 12.3. The van der Waals surface area contributed by atoms with E-state index in [-0.39, 0.29) is 16.4 Å². The number of carbonyl (C=O) groups is 2. The highest BCUT2D eigenvalue weighted by Gasteiger charge is 2.20. The summed E-state index contributed by atoms with van der Waals surface area (Å²) in [5, 5.41) is 13.3. The van der Waals surface area contributed by atoms with Crippen molar-refractivity contribution >= 4 is 38.4 Å². The highest BCUT2D eigenvalue weighted by molar-refractivity contribution is 7.93. The Morgan fingerprint density at radius 1 is 1.26 bits per heavy atom. The number of aromatic nitrogens is 1. The van der Waals surface area contributed by atoms with E-state index in [9.17, 15) is 18.0 Å². The van der Waals surface area contributed by atoms with E-state index in [1.807, 2.05) is 6.92 Å². The van der Waals surface area contributed by atoms with Crippen molar-refractivity contribution in [2.75, 3.05) is 4.72 Å². The highest BCUT2D eigenvalue weighted by atomic mass is 32.2.